The van der Waals surface area contributed by atoms with Gasteiger partial charge in [-0.25, -0.2) is 0 Å². The molecule has 0 radical (unpaired) electrons. The van der Waals surface area contributed by atoms with Crippen LogP contribution in [0.2, 0.25) is 0 Å². The molecule has 0 aromatic carbocycles. The van der Waals surface area contributed by atoms with E-state index in [0.29, 0.717) is 12.8 Å². The van der Waals surface area contributed by atoms with Gasteiger partial charge >= 0.3 is 11.9 Å². The van der Waals surface area contributed by atoms with Crippen LogP contribution in [0.5, 0.6) is 0 Å². The number of carbonyl (C=O) groups excluding carboxylic acids is 4. The highest BCUT2D eigenvalue weighted by atomic mass is 33.1. The summed E-state index contributed by atoms with van der Waals surface area (Å²) >= 11 is 0. The SMILES string of the molecule is CC(=O)OCC[C@H](SS[C@H](CCOC(C)=O)C(C)=O)C(C)=O. The molecule has 0 aromatic heterocycles. The lowest BCUT2D eigenvalue weighted by Crippen LogP contribution is -2.20. The van der Waals surface area contributed by atoms with E-state index in [1.807, 2.05) is 0 Å². The van der Waals surface area contributed by atoms with Gasteiger partial charge in [-0.1, -0.05) is 21.6 Å². The van der Waals surface area contributed by atoms with Crippen molar-refractivity contribution in [3.05, 3.63) is 0 Å². The van der Waals surface area contributed by atoms with E-state index in [4.69, 9.17) is 9.47 Å². The summed E-state index contributed by atoms with van der Waals surface area (Å²) in [4.78, 5) is 44.6. The predicted octanol–water partition coefficient (Wildman–Crippen LogP) is 2.19. The van der Waals surface area contributed by atoms with E-state index in [-0.39, 0.29) is 47.2 Å². The Kier molecular flexibility index (Phi) is 11.0. The molecule has 0 spiro atoms. The Morgan fingerprint density at radius 1 is 0.727 bits per heavy atom. The summed E-state index contributed by atoms with van der Waals surface area (Å²) < 4.78 is 9.66. The fourth-order valence-corrected chi connectivity index (χ4v) is 4.51. The number of Topliss-reactive ketones (excluding diaryl/α,β-unsaturated/α-hetero) is 2. The van der Waals surface area contributed by atoms with Gasteiger partial charge in [-0.05, 0) is 13.8 Å². The second-order valence-corrected chi connectivity index (χ2v) is 7.33. The highest BCUT2D eigenvalue weighted by Gasteiger charge is 2.21. The second-order valence-electron chi connectivity index (χ2n) is 4.65. The molecule has 0 aliphatic carbocycles. The minimum Gasteiger partial charge on any atom is -0.466 e. The molecule has 0 aliphatic rings. The van der Waals surface area contributed by atoms with Crippen molar-refractivity contribution < 1.29 is 28.7 Å². The quantitative estimate of drug-likeness (QED) is 0.414. The van der Waals surface area contributed by atoms with Gasteiger partial charge in [0.1, 0.15) is 11.6 Å². The fraction of sp³-hybridized carbons (Fsp3) is 0.714. The Labute approximate surface area is 138 Å². The molecule has 126 valence electrons. The van der Waals surface area contributed by atoms with Crippen molar-refractivity contribution in [2.45, 2.75) is 51.0 Å². The van der Waals surface area contributed by atoms with Crippen LogP contribution >= 0.6 is 21.6 Å². The van der Waals surface area contributed by atoms with Gasteiger partial charge in [-0.15, -0.1) is 0 Å². The van der Waals surface area contributed by atoms with E-state index in [9.17, 15) is 19.2 Å². The standard InChI is InChI=1S/C14H22O6S2/c1-9(15)13(5-7-19-11(3)17)21-22-14(10(2)16)6-8-20-12(4)18/h13-14H,5-8H2,1-4H3/t13-,14+. The maximum absolute atomic E-state index is 11.6. The first-order valence-corrected chi connectivity index (χ1v) is 9.11. The number of carbonyl (C=O) groups is 4. The normalized spacial score (nSPS) is 13.1. The van der Waals surface area contributed by atoms with Crippen molar-refractivity contribution >= 4 is 45.1 Å². The molecule has 0 fully saturated rings. The molecule has 0 rings (SSSR count). The summed E-state index contributed by atoms with van der Waals surface area (Å²) in [5.41, 5.74) is 0. The van der Waals surface area contributed by atoms with E-state index in [2.05, 4.69) is 0 Å². The van der Waals surface area contributed by atoms with Crippen LogP contribution < -0.4 is 0 Å². The van der Waals surface area contributed by atoms with Gasteiger partial charge in [0.25, 0.3) is 0 Å². The van der Waals surface area contributed by atoms with E-state index in [1.54, 1.807) is 0 Å². The lowest BCUT2D eigenvalue weighted by atomic mass is 10.2. The molecule has 0 aromatic rings. The minimum absolute atomic E-state index is 0.0352. The van der Waals surface area contributed by atoms with E-state index >= 15 is 0 Å². The summed E-state index contributed by atoms with van der Waals surface area (Å²) in [5.74, 6) is -0.843. The third-order valence-electron chi connectivity index (χ3n) is 2.57. The van der Waals surface area contributed by atoms with Crippen LogP contribution in [0.25, 0.3) is 0 Å². The first-order valence-electron chi connectivity index (χ1n) is 6.83. The van der Waals surface area contributed by atoms with Crippen molar-refractivity contribution in [2.24, 2.45) is 0 Å². The summed E-state index contributed by atoms with van der Waals surface area (Å²) in [6, 6.07) is 0. The summed E-state index contributed by atoms with van der Waals surface area (Å²) in [7, 11) is 2.58. The van der Waals surface area contributed by atoms with E-state index in [1.165, 1.54) is 49.3 Å². The van der Waals surface area contributed by atoms with Gasteiger partial charge in [0.15, 0.2) is 0 Å². The van der Waals surface area contributed by atoms with Crippen LogP contribution in [0.15, 0.2) is 0 Å². The predicted molar refractivity (Wildman–Crippen MR) is 86.6 cm³/mol. The maximum atomic E-state index is 11.6. The highest BCUT2D eigenvalue weighted by molar-refractivity contribution is 8.77. The monoisotopic (exact) mass is 350 g/mol. The molecular formula is C14H22O6S2. The Balaban J connectivity index is 4.31. The van der Waals surface area contributed by atoms with Crippen molar-refractivity contribution in [1.82, 2.24) is 0 Å². The Morgan fingerprint density at radius 2 is 1.05 bits per heavy atom. The first kappa shape index (κ1) is 21.0. The lowest BCUT2D eigenvalue weighted by Gasteiger charge is -2.17. The lowest BCUT2D eigenvalue weighted by molar-refractivity contribution is -0.142. The third kappa shape index (κ3) is 10.7. The van der Waals surface area contributed by atoms with Crippen molar-refractivity contribution in [2.75, 3.05) is 13.2 Å². The molecule has 0 amide bonds. The summed E-state index contributed by atoms with van der Waals surface area (Å²) in [5, 5.41) is -0.695. The molecule has 0 aliphatic heterocycles. The van der Waals surface area contributed by atoms with Gasteiger partial charge in [0, 0.05) is 26.7 Å². The molecule has 22 heavy (non-hydrogen) atoms. The van der Waals surface area contributed by atoms with Crippen LogP contribution in [-0.4, -0.2) is 47.2 Å². The number of hydrogen-bond donors (Lipinski definition) is 0. The molecule has 8 heteroatoms. The molecule has 0 heterocycles. The Bertz CT molecular complexity index is 372. The zero-order valence-electron chi connectivity index (χ0n) is 13.2. The van der Waals surface area contributed by atoms with Gasteiger partial charge < -0.3 is 9.47 Å². The topological polar surface area (TPSA) is 86.7 Å². The third-order valence-corrected chi connectivity index (χ3v) is 6.00. The van der Waals surface area contributed by atoms with Crippen LogP contribution in [-0.2, 0) is 28.7 Å². The van der Waals surface area contributed by atoms with E-state index < -0.39 is 0 Å². The zero-order valence-corrected chi connectivity index (χ0v) is 14.9. The van der Waals surface area contributed by atoms with Crippen molar-refractivity contribution in [3.63, 3.8) is 0 Å². The first-order chi connectivity index (χ1) is 10.2. The average Bonchev–Trinajstić information content (AvgIpc) is 2.38. The molecule has 6 nitrogen and oxygen atoms in total. The Hall–Kier alpha value is -1.02. The largest absolute Gasteiger partial charge is 0.466 e. The van der Waals surface area contributed by atoms with Gasteiger partial charge in [-0.3, -0.25) is 19.2 Å². The van der Waals surface area contributed by atoms with Crippen molar-refractivity contribution in [1.29, 1.82) is 0 Å². The molecule has 0 unspecified atom stereocenters. The van der Waals surface area contributed by atoms with Crippen LogP contribution in [0, 0.1) is 0 Å². The molecule has 0 saturated heterocycles. The summed E-state index contributed by atoms with van der Waals surface area (Å²) in [6.45, 7) is 5.90. The fourth-order valence-electron chi connectivity index (χ4n) is 1.39. The van der Waals surface area contributed by atoms with E-state index in [0.717, 1.165) is 0 Å². The molecular weight excluding hydrogens is 328 g/mol. The zero-order chi connectivity index (χ0) is 17.1. The molecule has 0 saturated carbocycles. The van der Waals surface area contributed by atoms with Crippen LogP contribution in [0.4, 0.5) is 0 Å². The molecule has 0 bridgehead atoms. The second kappa shape index (κ2) is 11.5. The Morgan fingerprint density at radius 3 is 1.27 bits per heavy atom. The van der Waals surface area contributed by atoms with Crippen molar-refractivity contribution in [3.8, 4) is 0 Å². The highest BCUT2D eigenvalue weighted by Crippen LogP contribution is 2.35. The number of hydrogen-bond acceptors (Lipinski definition) is 8. The van der Waals surface area contributed by atoms with Crippen LogP contribution in [0.3, 0.4) is 0 Å². The molecule has 0 N–H and O–H groups in total. The van der Waals surface area contributed by atoms with Crippen LogP contribution in [0.1, 0.15) is 40.5 Å². The maximum Gasteiger partial charge on any atom is 0.302 e. The number of ether oxygens (including phenoxy) is 2. The number of esters is 2. The number of rotatable bonds is 11. The van der Waals surface area contributed by atoms with Gasteiger partial charge in [0.05, 0.1) is 23.7 Å². The van der Waals surface area contributed by atoms with Gasteiger partial charge in [0.2, 0.25) is 0 Å². The minimum atomic E-state index is -0.386. The van der Waals surface area contributed by atoms with Gasteiger partial charge in [-0.2, -0.15) is 0 Å². The smallest absolute Gasteiger partial charge is 0.302 e. The average molecular weight is 350 g/mol. The number of ketones is 2. The molecule has 2 atom stereocenters. The summed E-state index contributed by atoms with van der Waals surface area (Å²) in [6.07, 6.45) is 0.808.